The lowest BCUT2D eigenvalue weighted by atomic mass is 9.92. The number of nitrogens with one attached hydrogen (secondary N) is 1. The molecular weight excluding hydrogens is 389 g/mol. The Morgan fingerprint density at radius 3 is 2.48 bits per heavy atom. The van der Waals surface area contributed by atoms with Crippen molar-refractivity contribution in [3.05, 3.63) is 82.4 Å². The van der Waals surface area contributed by atoms with E-state index in [0.717, 1.165) is 22.6 Å². The lowest BCUT2D eigenvalue weighted by Gasteiger charge is -2.14. The van der Waals surface area contributed by atoms with Crippen LogP contribution >= 0.6 is 11.6 Å². The molecule has 3 aromatic rings. The van der Waals surface area contributed by atoms with Crippen molar-refractivity contribution in [2.45, 2.75) is 45.6 Å². The van der Waals surface area contributed by atoms with Gasteiger partial charge in [0, 0.05) is 10.4 Å². The standard InChI is InChI=1S/C23H25ClFN3O/c1-15(16-8-10-18(25)11-9-16)22(29)26-14-20-13-21(23(2,3)4)27-28(20)19-7-5-6-17(24)12-19/h5-13,15H,14H2,1-4H3,(H,26,29). The Kier molecular flexibility index (Phi) is 6.08. The molecule has 6 heteroatoms. The van der Waals surface area contributed by atoms with Crippen LogP contribution < -0.4 is 5.32 Å². The van der Waals surface area contributed by atoms with E-state index in [4.69, 9.17) is 16.7 Å². The fourth-order valence-electron chi connectivity index (χ4n) is 2.98. The van der Waals surface area contributed by atoms with Crippen molar-refractivity contribution < 1.29 is 9.18 Å². The Hall–Kier alpha value is -2.66. The third kappa shape index (κ3) is 5.04. The molecule has 0 aliphatic heterocycles. The van der Waals surface area contributed by atoms with Crippen molar-refractivity contribution in [3.63, 3.8) is 0 Å². The number of benzene rings is 2. The first-order chi connectivity index (χ1) is 13.6. The van der Waals surface area contributed by atoms with Crippen LogP contribution in [0.3, 0.4) is 0 Å². The summed E-state index contributed by atoms with van der Waals surface area (Å²) >= 11 is 6.15. The molecule has 1 aromatic heterocycles. The van der Waals surface area contributed by atoms with Crippen molar-refractivity contribution in [1.82, 2.24) is 15.1 Å². The second kappa shape index (κ2) is 8.37. The van der Waals surface area contributed by atoms with Gasteiger partial charge in [-0.05, 0) is 48.9 Å². The minimum absolute atomic E-state index is 0.132. The maximum atomic E-state index is 13.1. The normalized spacial score (nSPS) is 12.6. The van der Waals surface area contributed by atoms with E-state index in [1.54, 1.807) is 19.1 Å². The van der Waals surface area contributed by atoms with E-state index in [1.165, 1.54) is 12.1 Å². The molecule has 4 nitrogen and oxygen atoms in total. The van der Waals surface area contributed by atoms with Crippen molar-refractivity contribution >= 4 is 17.5 Å². The Morgan fingerprint density at radius 1 is 1.17 bits per heavy atom. The van der Waals surface area contributed by atoms with Crippen LogP contribution in [0.1, 0.15) is 50.6 Å². The van der Waals surface area contributed by atoms with E-state index >= 15 is 0 Å². The van der Waals surface area contributed by atoms with Crippen LogP contribution in [0.2, 0.25) is 5.02 Å². The monoisotopic (exact) mass is 413 g/mol. The fraction of sp³-hybridized carbons (Fsp3) is 0.304. The summed E-state index contributed by atoms with van der Waals surface area (Å²) in [5, 5.41) is 8.34. The molecule has 0 saturated heterocycles. The predicted octanol–water partition coefficient (Wildman–Crippen LogP) is 5.38. The lowest BCUT2D eigenvalue weighted by molar-refractivity contribution is -0.122. The first-order valence-electron chi connectivity index (χ1n) is 9.53. The first kappa shape index (κ1) is 21.1. The van der Waals surface area contributed by atoms with Crippen LogP contribution in [-0.4, -0.2) is 15.7 Å². The molecule has 1 heterocycles. The van der Waals surface area contributed by atoms with Crippen molar-refractivity contribution in [1.29, 1.82) is 0 Å². The number of amides is 1. The number of aromatic nitrogens is 2. The van der Waals surface area contributed by atoms with Gasteiger partial charge in [0.1, 0.15) is 5.82 Å². The van der Waals surface area contributed by atoms with Gasteiger partial charge in [-0.2, -0.15) is 5.10 Å². The molecule has 1 unspecified atom stereocenters. The van der Waals surface area contributed by atoms with Crippen LogP contribution in [-0.2, 0) is 16.8 Å². The maximum Gasteiger partial charge on any atom is 0.227 e. The summed E-state index contributed by atoms with van der Waals surface area (Å²) < 4.78 is 14.9. The number of halogens is 2. The van der Waals surface area contributed by atoms with Gasteiger partial charge in [0.15, 0.2) is 0 Å². The molecule has 0 radical (unpaired) electrons. The number of carbonyl (C=O) groups excluding carboxylic acids is 1. The number of carbonyl (C=O) groups is 1. The van der Waals surface area contributed by atoms with Gasteiger partial charge < -0.3 is 5.32 Å². The minimum Gasteiger partial charge on any atom is -0.350 e. The molecule has 1 amide bonds. The van der Waals surface area contributed by atoms with Gasteiger partial charge in [0.2, 0.25) is 5.91 Å². The summed E-state index contributed by atoms with van der Waals surface area (Å²) in [4.78, 5) is 12.7. The number of rotatable bonds is 5. The Balaban J connectivity index is 1.83. The van der Waals surface area contributed by atoms with Gasteiger partial charge in [-0.1, -0.05) is 50.6 Å². The van der Waals surface area contributed by atoms with E-state index in [1.807, 2.05) is 35.0 Å². The second-order valence-electron chi connectivity index (χ2n) is 8.15. The maximum absolute atomic E-state index is 13.1. The smallest absolute Gasteiger partial charge is 0.227 e. The SMILES string of the molecule is CC(C(=O)NCc1cc(C(C)(C)C)nn1-c1cccc(Cl)c1)c1ccc(F)cc1. The predicted molar refractivity (Wildman–Crippen MR) is 114 cm³/mol. The van der Waals surface area contributed by atoms with Crippen molar-refractivity contribution in [2.75, 3.05) is 0 Å². The average molecular weight is 414 g/mol. The zero-order valence-corrected chi connectivity index (χ0v) is 17.8. The molecule has 2 aromatic carbocycles. The number of hydrogen-bond acceptors (Lipinski definition) is 2. The minimum atomic E-state index is -0.389. The molecular formula is C23H25ClFN3O. The van der Waals surface area contributed by atoms with Crippen LogP contribution in [0.4, 0.5) is 4.39 Å². The Bertz CT molecular complexity index is 1010. The third-order valence-electron chi connectivity index (χ3n) is 4.81. The highest BCUT2D eigenvalue weighted by atomic mass is 35.5. The molecule has 0 fully saturated rings. The summed E-state index contributed by atoms with van der Waals surface area (Å²) in [6.07, 6.45) is 0. The van der Waals surface area contributed by atoms with E-state index in [0.29, 0.717) is 11.6 Å². The summed E-state index contributed by atoms with van der Waals surface area (Å²) in [6.45, 7) is 8.40. The van der Waals surface area contributed by atoms with Crippen LogP contribution in [0.15, 0.2) is 54.6 Å². The third-order valence-corrected chi connectivity index (χ3v) is 5.05. The number of nitrogens with zero attached hydrogens (tertiary/aromatic N) is 2. The van der Waals surface area contributed by atoms with Gasteiger partial charge in [0.25, 0.3) is 0 Å². The first-order valence-corrected chi connectivity index (χ1v) is 9.91. The summed E-state index contributed by atoms with van der Waals surface area (Å²) in [5.41, 5.74) is 3.25. The van der Waals surface area contributed by atoms with Gasteiger partial charge in [-0.25, -0.2) is 9.07 Å². The van der Waals surface area contributed by atoms with Gasteiger partial charge in [-0.15, -0.1) is 0 Å². The molecule has 0 aliphatic rings. The highest BCUT2D eigenvalue weighted by Crippen LogP contribution is 2.25. The van der Waals surface area contributed by atoms with E-state index in [2.05, 4.69) is 26.1 Å². The topological polar surface area (TPSA) is 46.9 Å². The van der Waals surface area contributed by atoms with Gasteiger partial charge in [-0.3, -0.25) is 4.79 Å². The van der Waals surface area contributed by atoms with E-state index in [-0.39, 0.29) is 23.1 Å². The Morgan fingerprint density at radius 2 is 1.86 bits per heavy atom. The van der Waals surface area contributed by atoms with Crippen LogP contribution in [0.25, 0.3) is 5.69 Å². The molecule has 3 rings (SSSR count). The largest absolute Gasteiger partial charge is 0.350 e. The highest BCUT2D eigenvalue weighted by Gasteiger charge is 2.22. The molecule has 152 valence electrons. The zero-order chi connectivity index (χ0) is 21.2. The zero-order valence-electron chi connectivity index (χ0n) is 17.0. The molecule has 0 spiro atoms. The quantitative estimate of drug-likeness (QED) is 0.610. The molecule has 1 N–H and O–H groups in total. The Labute approximate surface area is 175 Å². The van der Waals surface area contributed by atoms with Crippen LogP contribution in [0, 0.1) is 5.82 Å². The van der Waals surface area contributed by atoms with Gasteiger partial charge in [0.05, 0.1) is 29.5 Å². The summed E-state index contributed by atoms with van der Waals surface area (Å²) in [6, 6.07) is 15.4. The second-order valence-corrected chi connectivity index (χ2v) is 8.59. The molecule has 1 atom stereocenters. The molecule has 0 saturated carbocycles. The highest BCUT2D eigenvalue weighted by molar-refractivity contribution is 6.30. The van der Waals surface area contributed by atoms with Gasteiger partial charge >= 0.3 is 0 Å². The van der Waals surface area contributed by atoms with Crippen LogP contribution in [0.5, 0.6) is 0 Å². The fourth-order valence-corrected chi connectivity index (χ4v) is 3.16. The van der Waals surface area contributed by atoms with E-state index < -0.39 is 0 Å². The lowest BCUT2D eigenvalue weighted by Crippen LogP contribution is -2.28. The van der Waals surface area contributed by atoms with Crippen molar-refractivity contribution in [3.8, 4) is 5.69 Å². The molecule has 0 bridgehead atoms. The molecule has 0 aliphatic carbocycles. The van der Waals surface area contributed by atoms with Crippen molar-refractivity contribution in [2.24, 2.45) is 0 Å². The number of hydrogen-bond donors (Lipinski definition) is 1. The average Bonchev–Trinajstić information content (AvgIpc) is 3.11. The summed E-state index contributed by atoms with van der Waals surface area (Å²) in [7, 11) is 0. The van der Waals surface area contributed by atoms with E-state index in [9.17, 15) is 9.18 Å². The summed E-state index contributed by atoms with van der Waals surface area (Å²) in [5.74, 6) is -0.838. The molecule has 29 heavy (non-hydrogen) atoms.